The van der Waals surface area contributed by atoms with E-state index in [1.165, 1.54) is 0 Å². The summed E-state index contributed by atoms with van der Waals surface area (Å²) in [7, 11) is 0. The van der Waals surface area contributed by atoms with Gasteiger partial charge in [0.2, 0.25) is 0 Å². The van der Waals surface area contributed by atoms with Gasteiger partial charge in [-0.3, -0.25) is 9.69 Å². The normalized spacial score (nSPS) is 21.9. The van der Waals surface area contributed by atoms with Crippen molar-refractivity contribution >= 4 is 33.5 Å². The largest absolute Gasteiger partial charge is 0.481 e. The molecule has 0 spiro atoms. The third-order valence-corrected chi connectivity index (χ3v) is 4.93. The van der Waals surface area contributed by atoms with Gasteiger partial charge in [-0.15, -0.1) is 0 Å². The minimum absolute atomic E-state index is 0.0723. The maximum Gasteiger partial charge on any atom is 0.310 e. The molecule has 21 heavy (non-hydrogen) atoms. The second-order valence-corrected chi connectivity index (χ2v) is 6.53. The number of benzene rings is 1. The van der Waals surface area contributed by atoms with Gasteiger partial charge in [-0.05, 0) is 46.6 Å². The fourth-order valence-electron chi connectivity index (χ4n) is 2.66. The average Bonchev–Trinajstić information content (AvgIpc) is 2.92. The second kappa shape index (κ2) is 7.58. The van der Waals surface area contributed by atoms with Crippen LogP contribution in [0.15, 0.2) is 22.7 Å². The van der Waals surface area contributed by atoms with Crippen LogP contribution in [0.3, 0.4) is 0 Å². The van der Waals surface area contributed by atoms with Crippen LogP contribution in [-0.4, -0.2) is 41.8 Å². The third-order valence-electron chi connectivity index (χ3n) is 3.72. The minimum atomic E-state index is -0.782. The van der Waals surface area contributed by atoms with Crippen molar-refractivity contribution in [2.24, 2.45) is 5.92 Å². The molecule has 0 saturated carbocycles. The van der Waals surface area contributed by atoms with Gasteiger partial charge < -0.3 is 9.84 Å². The van der Waals surface area contributed by atoms with Gasteiger partial charge in [-0.25, -0.2) is 0 Å². The minimum Gasteiger partial charge on any atom is -0.481 e. The Bertz CT molecular complexity index is 512. The predicted molar refractivity (Wildman–Crippen MR) is 85.6 cm³/mol. The van der Waals surface area contributed by atoms with E-state index in [4.69, 9.17) is 16.3 Å². The van der Waals surface area contributed by atoms with Crippen molar-refractivity contribution in [1.29, 1.82) is 0 Å². The maximum atomic E-state index is 11.3. The van der Waals surface area contributed by atoms with E-state index < -0.39 is 11.9 Å². The van der Waals surface area contributed by atoms with Crippen LogP contribution in [0.5, 0.6) is 0 Å². The highest BCUT2D eigenvalue weighted by Crippen LogP contribution is 2.26. The molecule has 1 fully saturated rings. The average molecular weight is 377 g/mol. The monoisotopic (exact) mass is 375 g/mol. The lowest BCUT2D eigenvalue weighted by Gasteiger charge is -2.30. The second-order valence-electron chi connectivity index (χ2n) is 5.27. The molecule has 2 rings (SSSR count). The van der Waals surface area contributed by atoms with Crippen molar-refractivity contribution in [2.75, 3.05) is 19.8 Å². The molecule has 2 atom stereocenters. The summed E-state index contributed by atoms with van der Waals surface area (Å²) in [6.07, 6.45) is 0.970. The molecular weight excluding hydrogens is 358 g/mol. The third kappa shape index (κ3) is 4.19. The Morgan fingerprint density at radius 1 is 1.52 bits per heavy atom. The lowest BCUT2D eigenvalue weighted by atomic mass is 10.0. The molecular formula is C15H19BrClNO3. The number of rotatable bonds is 6. The predicted octanol–water partition coefficient (Wildman–Crippen LogP) is 3.41. The van der Waals surface area contributed by atoms with Gasteiger partial charge in [0.1, 0.15) is 0 Å². The Morgan fingerprint density at radius 3 is 2.90 bits per heavy atom. The maximum absolute atomic E-state index is 11.3. The fraction of sp³-hybridized carbons (Fsp3) is 0.533. The summed E-state index contributed by atoms with van der Waals surface area (Å²) in [5.41, 5.74) is 1.11. The van der Waals surface area contributed by atoms with E-state index in [1.807, 2.05) is 18.2 Å². The van der Waals surface area contributed by atoms with Gasteiger partial charge in [0.15, 0.2) is 0 Å². The summed E-state index contributed by atoms with van der Waals surface area (Å²) in [6.45, 7) is 4.41. The number of aliphatic carboxylic acids is 1. The lowest BCUT2D eigenvalue weighted by Crippen LogP contribution is -2.43. The first kappa shape index (κ1) is 16.7. The summed E-state index contributed by atoms with van der Waals surface area (Å²) in [6, 6.07) is 5.74. The number of nitrogens with zero attached hydrogens (tertiary/aromatic N) is 1. The summed E-state index contributed by atoms with van der Waals surface area (Å²) in [4.78, 5) is 13.5. The van der Waals surface area contributed by atoms with Crippen LogP contribution in [0, 0.1) is 5.92 Å². The van der Waals surface area contributed by atoms with E-state index in [1.54, 1.807) is 0 Å². The topological polar surface area (TPSA) is 49.8 Å². The molecule has 1 aliphatic rings. The smallest absolute Gasteiger partial charge is 0.310 e. The van der Waals surface area contributed by atoms with Crippen LogP contribution in [0.4, 0.5) is 0 Å². The molecule has 1 aliphatic heterocycles. The molecule has 0 aromatic heterocycles. The molecule has 6 heteroatoms. The van der Waals surface area contributed by atoms with E-state index in [0.29, 0.717) is 24.8 Å². The van der Waals surface area contributed by atoms with Gasteiger partial charge in [0, 0.05) is 17.1 Å². The number of halogens is 2. The van der Waals surface area contributed by atoms with Crippen molar-refractivity contribution < 1.29 is 14.6 Å². The highest BCUT2D eigenvalue weighted by atomic mass is 79.9. The van der Waals surface area contributed by atoms with Gasteiger partial charge in [-0.2, -0.15) is 0 Å². The summed E-state index contributed by atoms with van der Waals surface area (Å²) in [5.74, 6) is -1.23. The van der Waals surface area contributed by atoms with Crippen LogP contribution in [0.25, 0.3) is 0 Å². The standard InChI is InChI=1S/C15H19BrClNO3/c1-2-5-18(14-9-21-8-11(14)15(19)20)7-10-3-4-13(17)12(16)6-10/h3-4,6,11,14H,2,5,7-9H2,1H3,(H,19,20). The number of hydrogen-bond donors (Lipinski definition) is 1. The fourth-order valence-corrected chi connectivity index (χ4v) is 3.20. The van der Waals surface area contributed by atoms with Crippen molar-refractivity contribution in [2.45, 2.75) is 25.9 Å². The summed E-state index contributed by atoms with van der Waals surface area (Å²) in [5, 5.41) is 9.99. The number of carboxylic acids is 1. The van der Waals surface area contributed by atoms with Crippen LogP contribution >= 0.6 is 27.5 Å². The lowest BCUT2D eigenvalue weighted by molar-refractivity contribution is -0.143. The zero-order valence-corrected chi connectivity index (χ0v) is 14.2. The van der Waals surface area contributed by atoms with Gasteiger partial charge in [0.05, 0.1) is 24.2 Å². The van der Waals surface area contributed by atoms with Gasteiger partial charge in [-0.1, -0.05) is 24.6 Å². The van der Waals surface area contributed by atoms with E-state index in [0.717, 1.165) is 23.0 Å². The quantitative estimate of drug-likeness (QED) is 0.826. The van der Waals surface area contributed by atoms with Crippen LogP contribution in [0.2, 0.25) is 5.02 Å². The summed E-state index contributed by atoms with van der Waals surface area (Å²) < 4.78 is 6.24. The molecule has 0 radical (unpaired) electrons. The molecule has 116 valence electrons. The Balaban J connectivity index is 2.14. The van der Waals surface area contributed by atoms with Crippen molar-refractivity contribution in [3.63, 3.8) is 0 Å². The Hall–Kier alpha value is -0.620. The number of carboxylic acid groups (broad SMARTS) is 1. The molecule has 1 saturated heterocycles. The Labute approximate surface area is 138 Å². The van der Waals surface area contributed by atoms with E-state index >= 15 is 0 Å². The van der Waals surface area contributed by atoms with Crippen LogP contribution in [0.1, 0.15) is 18.9 Å². The van der Waals surface area contributed by atoms with Gasteiger partial charge >= 0.3 is 5.97 Å². The van der Waals surface area contributed by atoms with E-state index in [9.17, 15) is 9.90 Å². The zero-order chi connectivity index (χ0) is 15.4. The molecule has 2 unspecified atom stereocenters. The number of carbonyl (C=O) groups is 1. The van der Waals surface area contributed by atoms with E-state index in [2.05, 4.69) is 27.8 Å². The Kier molecular flexibility index (Phi) is 6.05. The van der Waals surface area contributed by atoms with E-state index in [-0.39, 0.29) is 6.04 Å². The van der Waals surface area contributed by atoms with Gasteiger partial charge in [0.25, 0.3) is 0 Å². The molecule has 1 N–H and O–H groups in total. The van der Waals surface area contributed by atoms with Crippen LogP contribution < -0.4 is 0 Å². The summed E-state index contributed by atoms with van der Waals surface area (Å²) >= 11 is 9.44. The molecule has 4 nitrogen and oxygen atoms in total. The molecule has 1 aromatic carbocycles. The molecule has 0 amide bonds. The first-order chi connectivity index (χ1) is 10.0. The first-order valence-electron chi connectivity index (χ1n) is 7.01. The number of ether oxygens (including phenoxy) is 1. The molecule has 0 bridgehead atoms. The van der Waals surface area contributed by atoms with Crippen molar-refractivity contribution in [1.82, 2.24) is 4.90 Å². The van der Waals surface area contributed by atoms with Crippen molar-refractivity contribution in [3.05, 3.63) is 33.3 Å². The molecule has 1 heterocycles. The van der Waals surface area contributed by atoms with Crippen molar-refractivity contribution in [3.8, 4) is 0 Å². The number of hydrogen-bond acceptors (Lipinski definition) is 3. The highest BCUT2D eigenvalue weighted by Gasteiger charge is 2.37. The highest BCUT2D eigenvalue weighted by molar-refractivity contribution is 9.10. The van der Waals surface area contributed by atoms with Crippen LogP contribution in [-0.2, 0) is 16.1 Å². The first-order valence-corrected chi connectivity index (χ1v) is 8.18. The molecule has 0 aliphatic carbocycles. The molecule has 1 aromatic rings. The zero-order valence-electron chi connectivity index (χ0n) is 11.9. The SMILES string of the molecule is CCCN(Cc1ccc(Cl)c(Br)c1)C1COCC1C(=O)O. The Morgan fingerprint density at radius 2 is 2.29 bits per heavy atom.